The standard InChI is InChI=1S/C23H30N2O3S/c1-18(2)25(17-20-10-6-4-7-11-20)23(26)22-16-21(13-12-19(22)3)29(27,28)24-14-8-5-9-15-24/h4,6-7,10-13,16,18H,5,8-9,14-15,17H2,1-3H3. The Balaban J connectivity index is 1.92. The second-order valence-corrected chi connectivity index (χ2v) is 9.89. The van der Waals surface area contributed by atoms with Gasteiger partial charge in [-0.25, -0.2) is 8.42 Å². The fourth-order valence-electron chi connectivity index (χ4n) is 3.67. The zero-order valence-electron chi connectivity index (χ0n) is 17.5. The van der Waals surface area contributed by atoms with E-state index in [0.29, 0.717) is 25.2 Å². The van der Waals surface area contributed by atoms with Crippen molar-refractivity contribution >= 4 is 15.9 Å². The predicted octanol–water partition coefficient (Wildman–Crippen LogP) is 4.22. The lowest BCUT2D eigenvalue weighted by atomic mass is 10.1. The van der Waals surface area contributed by atoms with Crippen molar-refractivity contribution in [3.8, 4) is 0 Å². The van der Waals surface area contributed by atoms with Crippen LogP contribution in [0.5, 0.6) is 0 Å². The molecule has 0 N–H and O–H groups in total. The lowest BCUT2D eigenvalue weighted by Crippen LogP contribution is -2.37. The van der Waals surface area contributed by atoms with Crippen LogP contribution in [0.3, 0.4) is 0 Å². The van der Waals surface area contributed by atoms with E-state index in [9.17, 15) is 13.2 Å². The Labute approximate surface area is 174 Å². The number of aryl methyl sites for hydroxylation is 1. The molecule has 3 rings (SSSR count). The number of sulfonamides is 1. The van der Waals surface area contributed by atoms with E-state index in [1.807, 2.05) is 51.1 Å². The maximum atomic E-state index is 13.4. The Morgan fingerprint density at radius 1 is 1.03 bits per heavy atom. The van der Waals surface area contributed by atoms with Gasteiger partial charge in [0.1, 0.15) is 0 Å². The Hall–Kier alpha value is -2.18. The first-order valence-corrected chi connectivity index (χ1v) is 11.7. The van der Waals surface area contributed by atoms with E-state index < -0.39 is 10.0 Å². The fraction of sp³-hybridized carbons (Fsp3) is 0.435. The van der Waals surface area contributed by atoms with Crippen molar-refractivity contribution in [2.75, 3.05) is 13.1 Å². The van der Waals surface area contributed by atoms with Crippen LogP contribution in [0.15, 0.2) is 53.4 Å². The lowest BCUT2D eigenvalue weighted by molar-refractivity contribution is 0.0689. The van der Waals surface area contributed by atoms with Gasteiger partial charge in [-0.15, -0.1) is 0 Å². The molecule has 1 aliphatic heterocycles. The third-order valence-corrected chi connectivity index (χ3v) is 7.37. The van der Waals surface area contributed by atoms with Crippen molar-refractivity contribution < 1.29 is 13.2 Å². The van der Waals surface area contributed by atoms with E-state index in [0.717, 1.165) is 30.4 Å². The number of hydrogen-bond acceptors (Lipinski definition) is 3. The summed E-state index contributed by atoms with van der Waals surface area (Å²) < 4.78 is 27.7. The SMILES string of the molecule is Cc1ccc(S(=O)(=O)N2CCCCC2)cc1C(=O)N(Cc1ccccc1)C(C)C. The van der Waals surface area contributed by atoms with E-state index >= 15 is 0 Å². The molecule has 0 unspecified atom stereocenters. The second kappa shape index (κ2) is 9.09. The molecule has 156 valence electrons. The van der Waals surface area contributed by atoms with Crippen LogP contribution in [0, 0.1) is 6.92 Å². The number of nitrogens with zero attached hydrogens (tertiary/aromatic N) is 2. The minimum absolute atomic E-state index is 0.00976. The largest absolute Gasteiger partial charge is 0.332 e. The number of piperidine rings is 1. The van der Waals surface area contributed by atoms with Gasteiger partial charge in [0.2, 0.25) is 10.0 Å². The number of carbonyl (C=O) groups excluding carboxylic acids is 1. The van der Waals surface area contributed by atoms with Crippen LogP contribution in [-0.2, 0) is 16.6 Å². The minimum Gasteiger partial charge on any atom is -0.332 e. The number of hydrogen-bond donors (Lipinski definition) is 0. The molecule has 0 atom stereocenters. The summed E-state index contributed by atoms with van der Waals surface area (Å²) in [5.74, 6) is -0.142. The molecule has 0 aliphatic carbocycles. The molecule has 29 heavy (non-hydrogen) atoms. The summed E-state index contributed by atoms with van der Waals surface area (Å²) in [6.07, 6.45) is 2.83. The molecule has 5 nitrogen and oxygen atoms in total. The van der Waals surface area contributed by atoms with Gasteiger partial charge >= 0.3 is 0 Å². The molecule has 0 saturated carbocycles. The first-order valence-electron chi connectivity index (χ1n) is 10.3. The molecular formula is C23H30N2O3S. The molecular weight excluding hydrogens is 384 g/mol. The van der Waals surface area contributed by atoms with E-state index in [2.05, 4.69) is 0 Å². The van der Waals surface area contributed by atoms with Gasteiger partial charge in [0.05, 0.1) is 4.90 Å². The molecule has 0 spiro atoms. The highest BCUT2D eigenvalue weighted by Crippen LogP contribution is 2.24. The van der Waals surface area contributed by atoms with Gasteiger partial charge in [0, 0.05) is 31.2 Å². The van der Waals surface area contributed by atoms with Crippen molar-refractivity contribution in [3.05, 3.63) is 65.2 Å². The van der Waals surface area contributed by atoms with E-state index in [1.165, 1.54) is 0 Å². The summed E-state index contributed by atoms with van der Waals surface area (Å²) in [5, 5.41) is 0. The average Bonchev–Trinajstić information content (AvgIpc) is 2.73. The fourth-order valence-corrected chi connectivity index (χ4v) is 5.21. The van der Waals surface area contributed by atoms with Gasteiger partial charge in [-0.3, -0.25) is 4.79 Å². The Bertz CT molecular complexity index is 949. The van der Waals surface area contributed by atoms with Crippen LogP contribution in [0.4, 0.5) is 0 Å². The molecule has 1 amide bonds. The Morgan fingerprint density at radius 2 is 1.69 bits per heavy atom. The number of amides is 1. The zero-order chi connectivity index (χ0) is 21.0. The highest BCUT2D eigenvalue weighted by Gasteiger charge is 2.28. The van der Waals surface area contributed by atoms with E-state index in [-0.39, 0.29) is 16.8 Å². The molecule has 1 saturated heterocycles. The molecule has 1 aliphatic rings. The molecule has 0 aromatic heterocycles. The van der Waals surface area contributed by atoms with Gasteiger partial charge in [-0.1, -0.05) is 42.8 Å². The van der Waals surface area contributed by atoms with E-state index in [1.54, 1.807) is 27.4 Å². The average molecular weight is 415 g/mol. The van der Waals surface area contributed by atoms with Crippen LogP contribution in [0.25, 0.3) is 0 Å². The van der Waals surface area contributed by atoms with Gasteiger partial charge < -0.3 is 4.90 Å². The molecule has 1 fully saturated rings. The normalized spacial score (nSPS) is 15.4. The van der Waals surface area contributed by atoms with Crippen LogP contribution in [0.2, 0.25) is 0 Å². The third kappa shape index (κ3) is 4.87. The van der Waals surface area contributed by atoms with Crippen LogP contribution in [-0.4, -0.2) is 42.7 Å². The topological polar surface area (TPSA) is 57.7 Å². The van der Waals surface area contributed by atoms with Crippen LogP contribution in [0.1, 0.15) is 54.6 Å². The van der Waals surface area contributed by atoms with Gasteiger partial charge in [-0.2, -0.15) is 4.31 Å². The molecule has 1 heterocycles. The second-order valence-electron chi connectivity index (χ2n) is 7.95. The number of carbonyl (C=O) groups is 1. The quantitative estimate of drug-likeness (QED) is 0.711. The Morgan fingerprint density at radius 3 is 2.31 bits per heavy atom. The van der Waals surface area contributed by atoms with Crippen molar-refractivity contribution in [1.82, 2.24) is 9.21 Å². The van der Waals surface area contributed by atoms with Crippen LogP contribution < -0.4 is 0 Å². The summed E-state index contributed by atoms with van der Waals surface area (Å²) in [7, 11) is -3.58. The van der Waals surface area contributed by atoms with Crippen molar-refractivity contribution in [3.63, 3.8) is 0 Å². The third-order valence-electron chi connectivity index (χ3n) is 5.47. The van der Waals surface area contributed by atoms with Crippen molar-refractivity contribution in [2.45, 2.75) is 57.5 Å². The first-order chi connectivity index (χ1) is 13.8. The maximum Gasteiger partial charge on any atom is 0.254 e. The number of benzene rings is 2. The van der Waals surface area contributed by atoms with Gasteiger partial charge in [0.25, 0.3) is 5.91 Å². The van der Waals surface area contributed by atoms with Crippen molar-refractivity contribution in [1.29, 1.82) is 0 Å². The van der Waals surface area contributed by atoms with E-state index in [4.69, 9.17) is 0 Å². The number of rotatable bonds is 6. The summed E-state index contributed by atoms with van der Waals surface area (Å²) in [4.78, 5) is 15.4. The minimum atomic E-state index is -3.58. The lowest BCUT2D eigenvalue weighted by Gasteiger charge is -2.29. The molecule has 0 bridgehead atoms. The zero-order valence-corrected chi connectivity index (χ0v) is 18.3. The van der Waals surface area contributed by atoms with Gasteiger partial charge in [0.15, 0.2) is 0 Å². The monoisotopic (exact) mass is 414 g/mol. The molecule has 0 radical (unpaired) electrons. The first kappa shape index (κ1) is 21.5. The molecule has 2 aromatic carbocycles. The highest BCUT2D eigenvalue weighted by molar-refractivity contribution is 7.89. The molecule has 2 aromatic rings. The summed E-state index contributed by atoms with van der Waals surface area (Å²) in [6.45, 7) is 7.39. The highest BCUT2D eigenvalue weighted by atomic mass is 32.2. The Kier molecular flexibility index (Phi) is 6.75. The smallest absolute Gasteiger partial charge is 0.254 e. The summed E-state index contributed by atoms with van der Waals surface area (Å²) >= 11 is 0. The summed E-state index contributed by atoms with van der Waals surface area (Å²) in [6, 6.07) is 14.7. The van der Waals surface area contributed by atoms with Gasteiger partial charge in [-0.05, 0) is 56.9 Å². The predicted molar refractivity (Wildman–Crippen MR) is 115 cm³/mol. The maximum absolute atomic E-state index is 13.4. The van der Waals surface area contributed by atoms with Crippen LogP contribution >= 0.6 is 0 Å². The molecule has 6 heteroatoms. The summed E-state index contributed by atoms with van der Waals surface area (Å²) in [5.41, 5.74) is 2.28. The van der Waals surface area contributed by atoms with Crippen molar-refractivity contribution in [2.24, 2.45) is 0 Å².